The molecule has 1 spiro atoms. The van der Waals surface area contributed by atoms with Crippen molar-refractivity contribution in [3.63, 3.8) is 0 Å². The lowest BCUT2D eigenvalue weighted by Crippen LogP contribution is -2.53. The van der Waals surface area contributed by atoms with Gasteiger partial charge < -0.3 is 10.4 Å². The molecule has 0 radical (unpaired) electrons. The Hall–Kier alpha value is -3.52. The number of rotatable bonds is 5. The lowest BCUT2D eigenvalue weighted by molar-refractivity contribution is -0.144. The standard InChI is InChI=1S/C24H23N3O5/c1-13-7-8-16-15(11-13)24(23(32)25-16)20-19(17(26-24)9-10-18(28)29)21(30)27(22(20)31)12-14-5-3-2-4-6-14/h2-8,11,17,19-20,26H,9-10,12H2,1H3,(H,25,32)(H,28,29)/t17-,19-,20-,24-/m1/s1. The highest BCUT2D eigenvalue weighted by Gasteiger charge is 2.70. The fourth-order valence-corrected chi connectivity index (χ4v) is 5.42. The van der Waals surface area contributed by atoms with Crippen LogP contribution in [0, 0.1) is 18.8 Å². The van der Waals surface area contributed by atoms with E-state index in [-0.39, 0.29) is 31.2 Å². The molecule has 8 heteroatoms. The van der Waals surface area contributed by atoms with Crippen LogP contribution in [-0.2, 0) is 31.3 Å². The number of carboxylic acids is 1. The topological polar surface area (TPSA) is 116 Å². The van der Waals surface area contributed by atoms with Crippen LogP contribution in [0.5, 0.6) is 0 Å². The second-order valence-corrected chi connectivity index (χ2v) is 8.75. The van der Waals surface area contributed by atoms with E-state index >= 15 is 0 Å². The number of aliphatic carboxylic acids is 1. The first-order chi connectivity index (χ1) is 15.3. The maximum absolute atomic E-state index is 13.7. The number of carbonyl (C=O) groups is 4. The first-order valence-corrected chi connectivity index (χ1v) is 10.6. The van der Waals surface area contributed by atoms with Gasteiger partial charge in [-0.2, -0.15) is 0 Å². The van der Waals surface area contributed by atoms with E-state index < -0.39 is 35.3 Å². The number of nitrogens with zero attached hydrogens (tertiary/aromatic N) is 1. The third kappa shape index (κ3) is 2.86. The van der Waals surface area contributed by atoms with Gasteiger partial charge in [-0.25, -0.2) is 0 Å². The van der Waals surface area contributed by atoms with Crippen molar-refractivity contribution in [2.24, 2.45) is 11.8 Å². The minimum atomic E-state index is -1.40. The summed E-state index contributed by atoms with van der Waals surface area (Å²) in [7, 11) is 0. The molecule has 32 heavy (non-hydrogen) atoms. The van der Waals surface area contributed by atoms with Crippen molar-refractivity contribution in [1.82, 2.24) is 10.2 Å². The highest BCUT2D eigenvalue weighted by molar-refractivity contribution is 6.15. The number of aryl methyl sites for hydroxylation is 1. The molecule has 8 nitrogen and oxygen atoms in total. The van der Waals surface area contributed by atoms with Crippen LogP contribution in [-0.4, -0.2) is 39.7 Å². The van der Waals surface area contributed by atoms with Crippen LogP contribution in [0.4, 0.5) is 5.69 Å². The van der Waals surface area contributed by atoms with Crippen molar-refractivity contribution in [3.8, 4) is 0 Å². The summed E-state index contributed by atoms with van der Waals surface area (Å²) >= 11 is 0. The maximum Gasteiger partial charge on any atom is 0.303 e. The van der Waals surface area contributed by atoms with Gasteiger partial charge in [0, 0.05) is 23.7 Å². The van der Waals surface area contributed by atoms with E-state index in [1.165, 1.54) is 4.90 Å². The first kappa shape index (κ1) is 20.4. The summed E-state index contributed by atoms with van der Waals surface area (Å²) in [6, 6.07) is 14.1. The van der Waals surface area contributed by atoms with Crippen molar-refractivity contribution in [2.45, 2.75) is 37.9 Å². The second-order valence-electron chi connectivity index (χ2n) is 8.75. The lowest BCUT2D eigenvalue weighted by atomic mass is 9.76. The number of nitrogens with one attached hydrogen (secondary N) is 2. The Labute approximate surface area is 184 Å². The lowest BCUT2D eigenvalue weighted by Gasteiger charge is -2.29. The zero-order valence-electron chi connectivity index (χ0n) is 17.5. The van der Waals surface area contributed by atoms with E-state index in [4.69, 9.17) is 0 Å². The van der Waals surface area contributed by atoms with Gasteiger partial charge in [0.15, 0.2) is 0 Å². The van der Waals surface area contributed by atoms with Gasteiger partial charge in [-0.15, -0.1) is 0 Å². The molecule has 3 amide bonds. The van der Waals surface area contributed by atoms with Crippen molar-refractivity contribution >= 4 is 29.4 Å². The smallest absolute Gasteiger partial charge is 0.303 e. The van der Waals surface area contributed by atoms with Gasteiger partial charge in [0.1, 0.15) is 5.54 Å². The number of likely N-dealkylation sites (tertiary alicyclic amines) is 1. The predicted molar refractivity (Wildman–Crippen MR) is 114 cm³/mol. The van der Waals surface area contributed by atoms with E-state index in [9.17, 15) is 24.3 Å². The van der Waals surface area contributed by atoms with E-state index in [1.54, 1.807) is 6.07 Å². The van der Waals surface area contributed by atoms with Crippen LogP contribution in [0.3, 0.4) is 0 Å². The van der Waals surface area contributed by atoms with Crippen molar-refractivity contribution in [1.29, 1.82) is 0 Å². The van der Waals surface area contributed by atoms with Crippen LogP contribution < -0.4 is 10.6 Å². The van der Waals surface area contributed by atoms with Crippen molar-refractivity contribution < 1.29 is 24.3 Å². The number of anilines is 1. The summed E-state index contributed by atoms with van der Waals surface area (Å²) in [6.45, 7) is 2.02. The van der Waals surface area contributed by atoms with E-state index in [0.717, 1.165) is 11.1 Å². The number of carbonyl (C=O) groups excluding carboxylic acids is 3. The van der Waals surface area contributed by atoms with Crippen LogP contribution in [0.2, 0.25) is 0 Å². The molecule has 3 aliphatic heterocycles. The van der Waals surface area contributed by atoms with Crippen LogP contribution in [0.15, 0.2) is 48.5 Å². The SMILES string of the molecule is Cc1ccc2c(c1)[C@]1(N[C@H](CCC(=O)O)[C@H]3C(=O)N(Cc4ccccc4)C(=O)[C@@H]31)C(=O)N2. The molecule has 3 N–H and O–H groups in total. The summed E-state index contributed by atoms with van der Waals surface area (Å²) in [5.41, 5.74) is 1.58. The Kier molecular flexibility index (Phi) is 4.63. The summed E-state index contributed by atoms with van der Waals surface area (Å²) in [5, 5.41) is 15.3. The molecular weight excluding hydrogens is 410 g/mol. The molecule has 0 saturated carbocycles. The highest BCUT2D eigenvalue weighted by Crippen LogP contribution is 2.53. The molecular formula is C24H23N3O5. The number of benzene rings is 2. The Bertz CT molecular complexity index is 1150. The van der Waals surface area contributed by atoms with Crippen LogP contribution >= 0.6 is 0 Å². The quantitative estimate of drug-likeness (QED) is 0.619. The molecule has 0 unspecified atom stereocenters. The third-order valence-corrected chi connectivity index (χ3v) is 6.81. The Morgan fingerprint density at radius 3 is 2.56 bits per heavy atom. The molecule has 5 rings (SSSR count). The van der Waals surface area contributed by atoms with Gasteiger partial charge in [0.25, 0.3) is 0 Å². The Morgan fingerprint density at radius 2 is 1.84 bits per heavy atom. The summed E-state index contributed by atoms with van der Waals surface area (Å²) in [6.07, 6.45) is -0.0235. The molecule has 2 aromatic rings. The molecule has 3 aliphatic rings. The molecule has 0 aliphatic carbocycles. The molecule has 3 heterocycles. The van der Waals surface area contributed by atoms with Gasteiger partial charge >= 0.3 is 5.97 Å². The monoisotopic (exact) mass is 433 g/mol. The highest BCUT2D eigenvalue weighted by atomic mass is 16.4. The summed E-state index contributed by atoms with van der Waals surface area (Å²) in [4.78, 5) is 52.9. The predicted octanol–water partition coefficient (Wildman–Crippen LogP) is 1.78. The second kappa shape index (κ2) is 7.27. The number of carboxylic acid groups (broad SMARTS) is 1. The fourth-order valence-electron chi connectivity index (χ4n) is 5.42. The zero-order chi connectivity index (χ0) is 22.6. The summed E-state index contributed by atoms with van der Waals surface area (Å²) in [5.74, 6) is -3.87. The fraction of sp³-hybridized carbons (Fsp3) is 0.333. The Morgan fingerprint density at radius 1 is 1.09 bits per heavy atom. The van der Waals surface area contributed by atoms with Crippen molar-refractivity contribution in [2.75, 3.05) is 5.32 Å². The average molecular weight is 433 g/mol. The molecule has 2 aromatic carbocycles. The molecule has 0 bridgehead atoms. The third-order valence-electron chi connectivity index (χ3n) is 6.81. The van der Waals surface area contributed by atoms with Gasteiger partial charge in [-0.1, -0.05) is 48.0 Å². The number of hydrogen-bond acceptors (Lipinski definition) is 5. The van der Waals surface area contributed by atoms with E-state index in [0.29, 0.717) is 11.3 Å². The Balaban J connectivity index is 1.59. The maximum atomic E-state index is 13.7. The van der Waals surface area contributed by atoms with Gasteiger partial charge in [-0.3, -0.25) is 29.4 Å². The minimum absolute atomic E-state index is 0.121. The first-order valence-electron chi connectivity index (χ1n) is 10.6. The zero-order valence-corrected chi connectivity index (χ0v) is 17.5. The number of amides is 3. The average Bonchev–Trinajstić information content (AvgIpc) is 3.34. The molecule has 2 saturated heterocycles. The largest absolute Gasteiger partial charge is 0.481 e. The molecule has 4 atom stereocenters. The van der Waals surface area contributed by atoms with Gasteiger partial charge in [0.05, 0.1) is 18.4 Å². The number of fused-ring (bicyclic) bond motifs is 4. The normalized spacial score (nSPS) is 28.2. The van der Waals surface area contributed by atoms with Gasteiger partial charge in [-0.05, 0) is 25.0 Å². The number of imide groups is 1. The summed E-state index contributed by atoms with van der Waals surface area (Å²) < 4.78 is 0. The minimum Gasteiger partial charge on any atom is -0.481 e. The van der Waals surface area contributed by atoms with Crippen molar-refractivity contribution in [3.05, 3.63) is 65.2 Å². The number of hydrogen-bond donors (Lipinski definition) is 3. The van der Waals surface area contributed by atoms with Crippen LogP contribution in [0.25, 0.3) is 0 Å². The van der Waals surface area contributed by atoms with E-state index in [1.807, 2.05) is 49.4 Å². The van der Waals surface area contributed by atoms with Gasteiger partial charge in [0.2, 0.25) is 17.7 Å². The van der Waals surface area contributed by atoms with Crippen LogP contribution in [0.1, 0.15) is 29.5 Å². The molecule has 0 aromatic heterocycles. The van der Waals surface area contributed by atoms with E-state index in [2.05, 4.69) is 10.6 Å². The molecule has 164 valence electrons. The molecule has 2 fully saturated rings.